The summed E-state index contributed by atoms with van der Waals surface area (Å²) in [4.78, 5) is 12.4. The highest BCUT2D eigenvalue weighted by Crippen LogP contribution is 2.18. The molecule has 0 unspecified atom stereocenters. The summed E-state index contributed by atoms with van der Waals surface area (Å²) in [5.74, 6) is 0.873. The first kappa shape index (κ1) is 20.8. The SMILES string of the molecule is O=C(Nc1cnn(COc2cccc(Cl)c2)c1)c1ccn(COc2cccc(Cl)c2)n1. The minimum absolute atomic E-state index is 0.145. The first-order valence-corrected chi connectivity index (χ1v) is 9.95. The largest absolute Gasteiger partial charge is 0.471 e. The van der Waals surface area contributed by atoms with Crippen molar-refractivity contribution in [3.63, 3.8) is 0 Å². The zero-order chi connectivity index (χ0) is 21.6. The molecular formula is C21H17Cl2N5O3. The molecule has 158 valence electrons. The molecule has 1 N–H and O–H groups in total. The number of halogens is 2. The van der Waals surface area contributed by atoms with Crippen molar-refractivity contribution in [1.82, 2.24) is 19.6 Å². The van der Waals surface area contributed by atoms with Crippen molar-refractivity contribution in [3.05, 3.63) is 88.9 Å². The predicted molar refractivity (Wildman–Crippen MR) is 117 cm³/mol. The van der Waals surface area contributed by atoms with E-state index in [1.807, 2.05) is 0 Å². The fraction of sp³-hybridized carbons (Fsp3) is 0.0952. The van der Waals surface area contributed by atoms with E-state index in [0.29, 0.717) is 27.2 Å². The first-order chi connectivity index (χ1) is 15.0. The van der Waals surface area contributed by atoms with Crippen molar-refractivity contribution in [1.29, 1.82) is 0 Å². The summed E-state index contributed by atoms with van der Waals surface area (Å²) in [6, 6.07) is 15.7. The number of benzene rings is 2. The van der Waals surface area contributed by atoms with E-state index in [0.717, 1.165) is 0 Å². The van der Waals surface area contributed by atoms with Crippen LogP contribution in [0.25, 0.3) is 0 Å². The van der Waals surface area contributed by atoms with Crippen molar-refractivity contribution in [2.75, 3.05) is 5.32 Å². The lowest BCUT2D eigenvalue weighted by Gasteiger charge is -2.06. The summed E-state index contributed by atoms with van der Waals surface area (Å²) in [6.45, 7) is 0.318. The molecule has 0 aliphatic heterocycles. The summed E-state index contributed by atoms with van der Waals surface area (Å²) >= 11 is 11.9. The average molecular weight is 458 g/mol. The van der Waals surface area contributed by atoms with Crippen LogP contribution in [0.4, 0.5) is 5.69 Å². The van der Waals surface area contributed by atoms with Crippen LogP contribution >= 0.6 is 23.2 Å². The van der Waals surface area contributed by atoms with Crippen molar-refractivity contribution in [2.24, 2.45) is 0 Å². The van der Waals surface area contributed by atoms with E-state index in [1.54, 1.807) is 71.7 Å². The minimum atomic E-state index is -0.364. The zero-order valence-electron chi connectivity index (χ0n) is 16.1. The second kappa shape index (κ2) is 9.55. The number of hydrogen-bond donors (Lipinski definition) is 1. The molecule has 4 rings (SSSR count). The number of anilines is 1. The Hall–Kier alpha value is -3.49. The maximum atomic E-state index is 12.4. The lowest BCUT2D eigenvalue weighted by Crippen LogP contribution is -2.14. The second-order valence-corrected chi connectivity index (χ2v) is 7.30. The van der Waals surface area contributed by atoms with E-state index in [-0.39, 0.29) is 25.1 Å². The molecule has 10 heteroatoms. The standard InChI is InChI=1S/C21H17Cl2N5O3/c22-15-3-1-5-18(9-15)30-13-27-8-7-20(26-27)21(29)25-17-11-24-28(12-17)14-31-19-6-2-4-16(23)10-19/h1-12H,13-14H2,(H,25,29). The molecule has 0 aliphatic carbocycles. The molecule has 2 aromatic heterocycles. The molecule has 31 heavy (non-hydrogen) atoms. The molecule has 0 spiro atoms. The molecule has 1 amide bonds. The monoisotopic (exact) mass is 457 g/mol. The highest BCUT2D eigenvalue weighted by molar-refractivity contribution is 6.31. The summed E-state index contributed by atoms with van der Waals surface area (Å²) in [7, 11) is 0. The fourth-order valence-corrected chi connectivity index (χ4v) is 3.00. The van der Waals surface area contributed by atoms with Crippen LogP contribution in [0.2, 0.25) is 10.0 Å². The second-order valence-electron chi connectivity index (χ2n) is 6.42. The molecule has 0 fully saturated rings. The molecule has 0 saturated heterocycles. The molecule has 2 aromatic carbocycles. The molecule has 0 saturated carbocycles. The van der Waals surface area contributed by atoms with Gasteiger partial charge in [-0.3, -0.25) is 4.79 Å². The van der Waals surface area contributed by atoms with Gasteiger partial charge in [-0.15, -0.1) is 0 Å². The number of amides is 1. The van der Waals surface area contributed by atoms with E-state index in [1.165, 1.54) is 10.9 Å². The van der Waals surface area contributed by atoms with Crippen molar-refractivity contribution in [2.45, 2.75) is 13.5 Å². The third-order valence-corrected chi connectivity index (χ3v) is 4.55. The van der Waals surface area contributed by atoms with Crippen LogP contribution in [0, 0.1) is 0 Å². The van der Waals surface area contributed by atoms with Gasteiger partial charge >= 0.3 is 0 Å². The van der Waals surface area contributed by atoms with Gasteiger partial charge in [0.25, 0.3) is 5.91 Å². The molecular weight excluding hydrogens is 441 g/mol. The number of hydrogen-bond acceptors (Lipinski definition) is 5. The Kier molecular flexibility index (Phi) is 6.40. The molecule has 2 heterocycles. The van der Waals surface area contributed by atoms with Gasteiger partial charge in [0.2, 0.25) is 0 Å². The van der Waals surface area contributed by atoms with Crippen LogP contribution in [-0.2, 0) is 13.5 Å². The normalized spacial score (nSPS) is 10.6. The highest BCUT2D eigenvalue weighted by Gasteiger charge is 2.11. The number of ether oxygens (including phenoxy) is 2. The van der Waals surface area contributed by atoms with Gasteiger partial charge in [-0.25, -0.2) is 9.36 Å². The lowest BCUT2D eigenvalue weighted by molar-refractivity contribution is 0.102. The molecule has 8 nitrogen and oxygen atoms in total. The van der Waals surface area contributed by atoms with Crippen LogP contribution in [0.5, 0.6) is 11.5 Å². The number of nitrogens with one attached hydrogen (secondary N) is 1. The van der Waals surface area contributed by atoms with Crippen molar-refractivity contribution in [3.8, 4) is 11.5 Å². The number of nitrogens with zero attached hydrogens (tertiary/aromatic N) is 4. The molecule has 0 bridgehead atoms. The van der Waals surface area contributed by atoms with E-state index < -0.39 is 0 Å². The van der Waals surface area contributed by atoms with E-state index >= 15 is 0 Å². The van der Waals surface area contributed by atoms with Crippen LogP contribution < -0.4 is 14.8 Å². The Morgan fingerprint density at radius 3 is 2.23 bits per heavy atom. The summed E-state index contributed by atoms with van der Waals surface area (Å²) in [5.41, 5.74) is 0.766. The molecule has 0 atom stereocenters. The Morgan fingerprint density at radius 1 is 0.935 bits per heavy atom. The van der Waals surface area contributed by atoms with Gasteiger partial charge in [0.1, 0.15) is 11.5 Å². The average Bonchev–Trinajstić information content (AvgIpc) is 3.40. The van der Waals surface area contributed by atoms with Crippen LogP contribution in [0.3, 0.4) is 0 Å². The number of carbonyl (C=O) groups is 1. The smallest absolute Gasteiger partial charge is 0.276 e. The number of rotatable bonds is 8. The quantitative estimate of drug-likeness (QED) is 0.414. The van der Waals surface area contributed by atoms with Gasteiger partial charge < -0.3 is 14.8 Å². The van der Waals surface area contributed by atoms with Gasteiger partial charge in [0.15, 0.2) is 19.2 Å². The number of carbonyl (C=O) groups excluding carboxylic acids is 1. The van der Waals surface area contributed by atoms with Gasteiger partial charge in [0.05, 0.1) is 18.1 Å². The molecule has 0 aliphatic rings. The molecule has 0 radical (unpaired) electrons. The Balaban J connectivity index is 1.29. The van der Waals surface area contributed by atoms with E-state index in [4.69, 9.17) is 32.7 Å². The Morgan fingerprint density at radius 2 is 1.58 bits per heavy atom. The van der Waals surface area contributed by atoms with Crippen molar-refractivity contribution >= 4 is 34.8 Å². The van der Waals surface area contributed by atoms with Gasteiger partial charge in [-0.2, -0.15) is 10.2 Å². The van der Waals surface area contributed by atoms with Crippen LogP contribution in [0.1, 0.15) is 10.5 Å². The maximum Gasteiger partial charge on any atom is 0.276 e. The number of aromatic nitrogens is 4. The lowest BCUT2D eigenvalue weighted by atomic mass is 10.3. The summed E-state index contributed by atoms with van der Waals surface area (Å²) in [6.07, 6.45) is 4.84. The summed E-state index contributed by atoms with van der Waals surface area (Å²) in [5, 5.41) is 12.3. The summed E-state index contributed by atoms with van der Waals surface area (Å²) < 4.78 is 14.3. The molecule has 4 aromatic rings. The van der Waals surface area contributed by atoms with Crippen LogP contribution in [0.15, 0.2) is 73.2 Å². The van der Waals surface area contributed by atoms with Crippen molar-refractivity contribution < 1.29 is 14.3 Å². The highest BCUT2D eigenvalue weighted by atomic mass is 35.5. The van der Waals surface area contributed by atoms with Gasteiger partial charge in [0, 0.05) is 16.2 Å². The predicted octanol–water partition coefficient (Wildman–Crippen LogP) is 4.71. The fourth-order valence-electron chi connectivity index (χ4n) is 2.64. The zero-order valence-corrected chi connectivity index (χ0v) is 17.6. The maximum absolute atomic E-state index is 12.4. The third kappa shape index (κ3) is 5.78. The Labute approximate surface area is 187 Å². The topological polar surface area (TPSA) is 83.2 Å². The third-order valence-electron chi connectivity index (χ3n) is 4.08. The van der Waals surface area contributed by atoms with Crippen LogP contribution in [-0.4, -0.2) is 25.5 Å². The first-order valence-electron chi connectivity index (χ1n) is 9.19. The van der Waals surface area contributed by atoms with Gasteiger partial charge in [-0.05, 0) is 42.5 Å². The van der Waals surface area contributed by atoms with Gasteiger partial charge in [-0.1, -0.05) is 35.3 Å². The van der Waals surface area contributed by atoms with E-state index in [2.05, 4.69) is 15.5 Å². The Bertz CT molecular complexity index is 1190. The van der Waals surface area contributed by atoms with E-state index in [9.17, 15) is 4.79 Å². The minimum Gasteiger partial charge on any atom is -0.471 e.